The fraction of sp³-hybridized carbons (Fsp3) is 0.294. The summed E-state index contributed by atoms with van der Waals surface area (Å²) < 4.78 is 25.9. The average molecular weight is 318 g/mol. The summed E-state index contributed by atoms with van der Waals surface area (Å²) in [6.45, 7) is 3.28. The smallest absolute Gasteiger partial charge is 0.242 e. The third kappa shape index (κ3) is 3.94. The molecule has 118 valence electrons. The molecule has 0 radical (unpaired) electrons. The van der Waals surface area contributed by atoms with Crippen molar-refractivity contribution in [3.8, 4) is 0 Å². The van der Waals surface area contributed by atoms with E-state index in [9.17, 15) is 8.42 Å². The molecule has 0 bridgehead atoms. The highest BCUT2D eigenvalue weighted by molar-refractivity contribution is 7.89. The minimum absolute atomic E-state index is 0.358. The summed E-state index contributed by atoms with van der Waals surface area (Å²) in [5.74, 6) is 0. The first kappa shape index (κ1) is 16.7. The van der Waals surface area contributed by atoms with Gasteiger partial charge in [0.05, 0.1) is 4.90 Å². The van der Waals surface area contributed by atoms with Gasteiger partial charge >= 0.3 is 0 Å². The molecule has 0 amide bonds. The van der Waals surface area contributed by atoms with E-state index in [0.29, 0.717) is 18.0 Å². The normalized spacial score (nSPS) is 11.8. The highest BCUT2D eigenvalue weighted by Gasteiger charge is 2.20. The Labute approximate surface area is 132 Å². The zero-order valence-corrected chi connectivity index (χ0v) is 14.0. The molecule has 0 aliphatic heterocycles. The van der Waals surface area contributed by atoms with Crippen LogP contribution in [0.15, 0.2) is 53.4 Å². The first-order valence-electron chi connectivity index (χ1n) is 7.18. The Morgan fingerprint density at radius 3 is 2.41 bits per heavy atom. The van der Waals surface area contributed by atoms with Gasteiger partial charge < -0.3 is 5.32 Å². The van der Waals surface area contributed by atoms with Crippen molar-refractivity contribution in [1.29, 1.82) is 0 Å². The maximum Gasteiger partial charge on any atom is 0.242 e. The molecule has 4 nitrogen and oxygen atoms in total. The SMILES string of the molecule is Cc1cccc(CNCc2ccccc2S(=O)(=O)N(C)C)c1. The van der Waals surface area contributed by atoms with Crippen molar-refractivity contribution in [2.24, 2.45) is 0 Å². The van der Waals surface area contributed by atoms with E-state index in [0.717, 1.165) is 5.56 Å². The lowest BCUT2D eigenvalue weighted by Crippen LogP contribution is -2.24. The lowest BCUT2D eigenvalue weighted by molar-refractivity contribution is 0.518. The highest BCUT2D eigenvalue weighted by Crippen LogP contribution is 2.18. The van der Waals surface area contributed by atoms with Crippen LogP contribution >= 0.6 is 0 Å². The summed E-state index contributed by atoms with van der Waals surface area (Å²) in [6.07, 6.45) is 0. The average Bonchev–Trinajstić information content (AvgIpc) is 2.47. The van der Waals surface area contributed by atoms with Crippen LogP contribution in [0.3, 0.4) is 0 Å². The second-order valence-corrected chi connectivity index (χ2v) is 7.61. The standard InChI is InChI=1S/C17H22N2O2S/c1-14-7-6-8-15(11-14)12-18-13-16-9-4-5-10-17(16)22(20,21)19(2)3/h4-11,18H,12-13H2,1-3H3. The predicted molar refractivity (Wildman–Crippen MR) is 89.0 cm³/mol. The van der Waals surface area contributed by atoms with Gasteiger partial charge in [0, 0.05) is 27.2 Å². The Bertz CT molecular complexity index is 740. The number of benzene rings is 2. The Balaban J connectivity index is 2.11. The molecular formula is C17H22N2O2S. The van der Waals surface area contributed by atoms with Crippen molar-refractivity contribution in [2.75, 3.05) is 14.1 Å². The minimum Gasteiger partial charge on any atom is -0.309 e. The molecule has 0 saturated heterocycles. The van der Waals surface area contributed by atoms with Crippen LogP contribution < -0.4 is 5.32 Å². The first-order valence-corrected chi connectivity index (χ1v) is 8.62. The van der Waals surface area contributed by atoms with Crippen molar-refractivity contribution in [1.82, 2.24) is 9.62 Å². The summed E-state index contributed by atoms with van der Waals surface area (Å²) in [7, 11) is -0.320. The van der Waals surface area contributed by atoms with Crippen molar-refractivity contribution in [2.45, 2.75) is 24.9 Å². The molecule has 0 atom stereocenters. The van der Waals surface area contributed by atoms with Gasteiger partial charge in [-0.3, -0.25) is 0 Å². The Hall–Kier alpha value is -1.69. The van der Waals surface area contributed by atoms with E-state index in [1.54, 1.807) is 26.2 Å². The van der Waals surface area contributed by atoms with Gasteiger partial charge in [-0.25, -0.2) is 12.7 Å². The predicted octanol–water partition coefficient (Wildman–Crippen LogP) is 2.54. The Morgan fingerprint density at radius 2 is 1.73 bits per heavy atom. The maximum absolute atomic E-state index is 12.3. The van der Waals surface area contributed by atoms with Crippen molar-refractivity contribution in [3.63, 3.8) is 0 Å². The van der Waals surface area contributed by atoms with Gasteiger partial charge in [0.1, 0.15) is 0 Å². The van der Waals surface area contributed by atoms with Gasteiger partial charge in [-0.2, -0.15) is 0 Å². The molecule has 0 spiro atoms. The zero-order chi connectivity index (χ0) is 16.2. The monoisotopic (exact) mass is 318 g/mol. The fourth-order valence-corrected chi connectivity index (χ4v) is 3.38. The van der Waals surface area contributed by atoms with E-state index >= 15 is 0 Å². The molecule has 0 aromatic heterocycles. The molecule has 0 saturated carbocycles. The Kier molecular flexibility index (Phi) is 5.34. The van der Waals surface area contributed by atoms with Crippen molar-refractivity contribution < 1.29 is 8.42 Å². The van der Waals surface area contributed by atoms with E-state index < -0.39 is 10.0 Å². The number of sulfonamides is 1. The van der Waals surface area contributed by atoms with Crippen LogP contribution in [0, 0.1) is 6.92 Å². The van der Waals surface area contributed by atoms with Crippen molar-refractivity contribution >= 4 is 10.0 Å². The summed E-state index contributed by atoms with van der Waals surface area (Å²) in [4.78, 5) is 0.358. The molecule has 0 unspecified atom stereocenters. The molecular weight excluding hydrogens is 296 g/mol. The zero-order valence-electron chi connectivity index (χ0n) is 13.2. The van der Waals surface area contributed by atoms with Gasteiger partial charge in [-0.05, 0) is 24.1 Å². The maximum atomic E-state index is 12.3. The van der Waals surface area contributed by atoms with E-state index in [4.69, 9.17) is 0 Å². The molecule has 2 aromatic carbocycles. The summed E-state index contributed by atoms with van der Waals surface area (Å²) in [5.41, 5.74) is 3.19. The first-order chi connectivity index (χ1) is 10.4. The highest BCUT2D eigenvalue weighted by atomic mass is 32.2. The van der Waals surface area contributed by atoms with Crippen LogP contribution in [-0.2, 0) is 23.1 Å². The second-order valence-electron chi connectivity index (χ2n) is 5.49. The number of hydrogen-bond donors (Lipinski definition) is 1. The molecule has 1 N–H and O–H groups in total. The fourth-order valence-electron chi connectivity index (χ4n) is 2.26. The van der Waals surface area contributed by atoms with Crippen LogP contribution in [0.2, 0.25) is 0 Å². The number of aryl methyl sites for hydroxylation is 1. The van der Waals surface area contributed by atoms with Crippen LogP contribution in [0.1, 0.15) is 16.7 Å². The third-order valence-corrected chi connectivity index (χ3v) is 5.37. The van der Waals surface area contributed by atoms with Gasteiger partial charge in [-0.15, -0.1) is 0 Å². The third-order valence-electron chi connectivity index (χ3n) is 3.46. The molecule has 0 aliphatic carbocycles. The van der Waals surface area contributed by atoms with E-state index in [-0.39, 0.29) is 0 Å². The van der Waals surface area contributed by atoms with Crippen LogP contribution in [-0.4, -0.2) is 26.8 Å². The van der Waals surface area contributed by atoms with Gasteiger partial charge in [-0.1, -0.05) is 48.0 Å². The summed E-state index contributed by atoms with van der Waals surface area (Å²) in [5, 5.41) is 3.31. The summed E-state index contributed by atoms with van der Waals surface area (Å²) in [6, 6.07) is 15.4. The largest absolute Gasteiger partial charge is 0.309 e. The van der Waals surface area contributed by atoms with Gasteiger partial charge in [0.2, 0.25) is 10.0 Å². The van der Waals surface area contributed by atoms with E-state index in [1.807, 2.05) is 18.2 Å². The van der Waals surface area contributed by atoms with E-state index in [2.05, 4.69) is 30.4 Å². The Morgan fingerprint density at radius 1 is 1.00 bits per heavy atom. The lowest BCUT2D eigenvalue weighted by Gasteiger charge is -2.15. The van der Waals surface area contributed by atoms with E-state index in [1.165, 1.54) is 15.4 Å². The lowest BCUT2D eigenvalue weighted by atomic mass is 10.1. The van der Waals surface area contributed by atoms with Crippen molar-refractivity contribution in [3.05, 3.63) is 65.2 Å². The second kappa shape index (κ2) is 7.05. The van der Waals surface area contributed by atoms with Crippen LogP contribution in [0.5, 0.6) is 0 Å². The molecule has 0 fully saturated rings. The topological polar surface area (TPSA) is 49.4 Å². The number of rotatable bonds is 6. The quantitative estimate of drug-likeness (QED) is 0.890. The van der Waals surface area contributed by atoms with Crippen LogP contribution in [0.4, 0.5) is 0 Å². The minimum atomic E-state index is -3.42. The van der Waals surface area contributed by atoms with Crippen LogP contribution in [0.25, 0.3) is 0 Å². The molecule has 5 heteroatoms. The molecule has 22 heavy (non-hydrogen) atoms. The van der Waals surface area contributed by atoms with Gasteiger partial charge in [0.15, 0.2) is 0 Å². The molecule has 2 rings (SSSR count). The molecule has 0 aliphatic rings. The molecule has 2 aromatic rings. The number of hydrogen-bond acceptors (Lipinski definition) is 3. The number of nitrogens with zero attached hydrogens (tertiary/aromatic N) is 1. The number of nitrogens with one attached hydrogen (secondary N) is 1. The van der Waals surface area contributed by atoms with Gasteiger partial charge in [0.25, 0.3) is 0 Å². The summed E-state index contributed by atoms with van der Waals surface area (Å²) >= 11 is 0. The molecule has 0 heterocycles.